The first kappa shape index (κ1) is 19.6. The lowest BCUT2D eigenvalue weighted by molar-refractivity contribution is -0.128. The Labute approximate surface area is 177 Å². The maximum Gasteiger partial charge on any atom is 0.241 e. The molecule has 0 aliphatic carbocycles. The van der Waals surface area contributed by atoms with Crippen LogP contribution in [-0.2, 0) is 15.0 Å². The number of nitrogens with two attached hydrogens (primary N) is 2. The smallest absolute Gasteiger partial charge is 0.241 e. The van der Waals surface area contributed by atoms with E-state index in [0.717, 1.165) is 5.56 Å². The molecule has 6 N–H and O–H groups in total. The van der Waals surface area contributed by atoms with Gasteiger partial charge < -0.3 is 16.4 Å². The highest BCUT2D eigenvalue weighted by Gasteiger charge is 2.54. The summed E-state index contributed by atoms with van der Waals surface area (Å²) in [7, 11) is 0. The number of nitrogens with one attached hydrogen (secondary N) is 2. The van der Waals surface area contributed by atoms with E-state index in [9.17, 15) is 9.59 Å². The number of anilines is 1. The summed E-state index contributed by atoms with van der Waals surface area (Å²) in [5.74, 6) is 5.79. The van der Waals surface area contributed by atoms with Gasteiger partial charge in [-0.15, -0.1) is 0 Å². The van der Waals surface area contributed by atoms with Gasteiger partial charge in [0.2, 0.25) is 11.8 Å². The topological polar surface area (TPSA) is 113 Å². The predicted octanol–water partition coefficient (Wildman–Crippen LogP) is 2.77. The molecule has 2 aliphatic heterocycles. The van der Waals surface area contributed by atoms with Crippen molar-refractivity contribution >= 4 is 40.7 Å². The zero-order valence-electron chi connectivity index (χ0n) is 15.5. The van der Waals surface area contributed by atoms with Crippen LogP contribution in [0, 0.1) is 0 Å². The largest absolute Gasteiger partial charge is 0.398 e. The highest BCUT2D eigenvalue weighted by Crippen LogP contribution is 2.47. The molecule has 0 fully saturated rings. The Morgan fingerprint density at radius 2 is 1.72 bits per heavy atom. The summed E-state index contributed by atoms with van der Waals surface area (Å²) >= 11 is 12.1. The fraction of sp³-hybridized carbons (Fsp3) is 0.200. The van der Waals surface area contributed by atoms with Gasteiger partial charge in [0.25, 0.3) is 0 Å². The van der Waals surface area contributed by atoms with E-state index in [1.165, 1.54) is 5.01 Å². The molecule has 2 aliphatic rings. The maximum absolute atomic E-state index is 13.0. The first-order chi connectivity index (χ1) is 13.7. The second kappa shape index (κ2) is 6.95. The van der Waals surface area contributed by atoms with Crippen molar-refractivity contribution in [3.8, 4) is 0 Å². The standard InChI is InChI=1S/C20H19Cl2N5O2/c1-10(11-2-4-12(21)5-3-11)27(24)18-17(23)20(9-16(28)26-18)14-8-13(22)6-7-15(14)25-19(20)29/h2-8,10H,9,23-24H2,1H3,(H,25,29)(H,26,28)/t10?,20-/m1/s1. The third-order valence-corrected chi connectivity index (χ3v) is 5.99. The van der Waals surface area contributed by atoms with Crippen LogP contribution in [0.2, 0.25) is 10.0 Å². The third-order valence-electron chi connectivity index (χ3n) is 5.50. The highest BCUT2D eigenvalue weighted by molar-refractivity contribution is 6.31. The molecule has 2 aromatic rings. The molecule has 0 saturated heterocycles. The van der Waals surface area contributed by atoms with Crippen LogP contribution in [0.25, 0.3) is 0 Å². The van der Waals surface area contributed by atoms with Crippen LogP contribution in [0.4, 0.5) is 5.69 Å². The Hall–Kier alpha value is -2.74. The van der Waals surface area contributed by atoms with E-state index in [-0.39, 0.29) is 35.8 Å². The van der Waals surface area contributed by atoms with E-state index < -0.39 is 5.41 Å². The zero-order valence-corrected chi connectivity index (χ0v) is 17.0. The Balaban J connectivity index is 1.82. The van der Waals surface area contributed by atoms with Crippen molar-refractivity contribution in [1.82, 2.24) is 10.3 Å². The van der Waals surface area contributed by atoms with Crippen molar-refractivity contribution in [3.05, 3.63) is 75.2 Å². The van der Waals surface area contributed by atoms with Crippen molar-refractivity contribution in [2.75, 3.05) is 5.32 Å². The van der Waals surface area contributed by atoms with Crippen LogP contribution in [0.3, 0.4) is 0 Å². The highest BCUT2D eigenvalue weighted by atomic mass is 35.5. The van der Waals surface area contributed by atoms with Gasteiger partial charge in [-0.2, -0.15) is 0 Å². The average Bonchev–Trinajstić information content (AvgIpc) is 2.96. The minimum Gasteiger partial charge on any atom is -0.398 e. The fourth-order valence-corrected chi connectivity index (χ4v) is 4.15. The molecule has 2 heterocycles. The summed E-state index contributed by atoms with van der Waals surface area (Å²) in [4.78, 5) is 25.6. The summed E-state index contributed by atoms with van der Waals surface area (Å²) in [5.41, 5.74) is 7.30. The lowest BCUT2D eigenvalue weighted by Crippen LogP contribution is -2.54. The lowest BCUT2D eigenvalue weighted by Gasteiger charge is -2.38. The lowest BCUT2D eigenvalue weighted by atomic mass is 9.74. The molecule has 2 amide bonds. The number of carbonyl (C=O) groups excluding carboxylic acids is 2. The van der Waals surface area contributed by atoms with E-state index in [1.807, 2.05) is 19.1 Å². The van der Waals surface area contributed by atoms with Gasteiger partial charge in [-0.05, 0) is 48.4 Å². The van der Waals surface area contributed by atoms with E-state index in [4.69, 9.17) is 34.8 Å². The molecule has 7 nitrogen and oxygen atoms in total. The quantitative estimate of drug-likeness (QED) is 0.440. The van der Waals surface area contributed by atoms with Gasteiger partial charge in [-0.25, -0.2) is 5.84 Å². The van der Waals surface area contributed by atoms with Crippen LogP contribution < -0.4 is 22.2 Å². The minimum atomic E-state index is -1.37. The Morgan fingerprint density at radius 1 is 1.07 bits per heavy atom. The summed E-state index contributed by atoms with van der Waals surface area (Å²) < 4.78 is 0. The monoisotopic (exact) mass is 431 g/mol. The summed E-state index contributed by atoms with van der Waals surface area (Å²) in [6.45, 7) is 1.86. The Bertz CT molecular complexity index is 1050. The number of carbonyl (C=O) groups is 2. The number of nitrogens with zero attached hydrogens (tertiary/aromatic N) is 1. The van der Waals surface area contributed by atoms with Crippen molar-refractivity contribution in [1.29, 1.82) is 0 Å². The molecular formula is C20H19Cl2N5O2. The maximum atomic E-state index is 13.0. The van der Waals surface area contributed by atoms with E-state index in [2.05, 4.69) is 10.6 Å². The van der Waals surface area contributed by atoms with Crippen molar-refractivity contribution in [2.24, 2.45) is 11.6 Å². The number of hydrogen-bond donors (Lipinski definition) is 4. The molecule has 0 saturated carbocycles. The number of benzene rings is 2. The van der Waals surface area contributed by atoms with Gasteiger partial charge in [-0.3, -0.25) is 14.6 Å². The second-order valence-electron chi connectivity index (χ2n) is 7.17. The fourth-order valence-electron chi connectivity index (χ4n) is 3.85. The molecule has 1 spiro atoms. The number of rotatable bonds is 3. The minimum absolute atomic E-state index is 0.134. The van der Waals surface area contributed by atoms with Crippen LogP contribution in [0.15, 0.2) is 54.0 Å². The predicted molar refractivity (Wildman–Crippen MR) is 112 cm³/mol. The molecule has 29 heavy (non-hydrogen) atoms. The Kier molecular flexibility index (Phi) is 4.69. The van der Waals surface area contributed by atoms with Gasteiger partial charge in [-0.1, -0.05) is 35.3 Å². The molecule has 1 unspecified atom stereocenters. The molecule has 9 heteroatoms. The van der Waals surface area contributed by atoms with E-state index in [1.54, 1.807) is 30.3 Å². The molecule has 150 valence electrons. The molecule has 4 rings (SSSR count). The molecule has 0 radical (unpaired) electrons. The van der Waals surface area contributed by atoms with Crippen molar-refractivity contribution in [2.45, 2.75) is 24.8 Å². The molecular weight excluding hydrogens is 413 g/mol. The first-order valence-electron chi connectivity index (χ1n) is 8.95. The van der Waals surface area contributed by atoms with Crippen LogP contribution in [0.5, 0.6) is 0 Å². The molecule has 0 aromatic heterocycles. The SMILES string of the molecule is CC(c1ccc(Cl)cc1)N(N)C1=C(N)[C@]2(CC(=O)N1)C(=O)Nc1ccc(Cl)cc12. The number of halogens is 2. The molecule has 0 bridgehead atoms. The van der Waals surface area contributed by atoms with Crippen molar-refractivity contribution in [3.63, 3.8) is 0 Å². The van der Waals surface area contributed by atoms with Gasteiger partial charge >= 0.3 is 0 Å². The van der Waals surface area contributed by atoms with Gasteiger partial charge in [0.15, 0.2) is 0 Å². The van der Waals surface area contributed by atoms with Crippen molar-refractivity contribution < 1.29 is 9.59 Å². The molecule has 2 atom stereocenters. The number of amides is 2. The number of fused-ring (bicyclic) bond motifs is 2. The second-order valence-corrected chi connectivity index (χ2v) is 8.04. The van der Waals surface area contributed by atoms with Gasteiger partial charge in [0, 0.05) is 15.7 Å². The Morgan fingerprint density at radius 3 is 2.41 bits per heavy atom. The van der Waals surface area contributed by atoms with E-state index >= 15 is 0 Å². The first-order valence-corrected chi connectivity index (χ1v) is 9.70. The van der Waals surface area contributed by atoms with Gasteiger partial charge in [0.1, 0.15) is 11.2 Å². The average molecular weight is 432 g/mol. The van der Waals surface area contributed by atoms with Crippen LogP contribution in [0.1, 0.15) is 30.5 Å². The summed E-state index contributed by atoms with van der Waals surface area (Å²) in [6.07, 6.45) is -0.134. The van der Waals surface area contributed by atoms with Crippen LogP contribution in [-0.4, -0.2) is 16.8 Å². The summed E-state index contributed by atoms with van der Waals surface area (Å²) in [6, 6.07) is 11.8. The number of hydrazine groups is 1. The normalized spacial score (nSPS) is 21.7. The van der Waals surface area contributed by atoms with Crippen LogP contribution >= 0.6 is 23.2 Å². The molecule has 2 aromatic carbocycles. The third kappa shape index (κ3) is 3.02. The van der Waals surface area contributed by atoms with E-state index in [0.29, 0.717) is 21.3 Å². The summed E-state index contributed by atoms with van der Waals surface area (Å²) in [5, 5.41) is 7.92. The van der Waals surface area contributed by atoms with Gasteiger partial charge in [0.05, 0.1) is 18.2 Å². The zero-order chi connectivity index (χ0) is 20.9. The number of hydrogen-bond acceptors (Lipinski definition) is 5.